The lowest BCUT2D eigenvalue weighted by Gasteiger charge is -2.32. The second kappa shape index (κ2) is 7.50. The van der Waals surface area contributed by atoms with Gasteiger partial charge in [0.05, 0.1) is 5.56 Å². The molecular weight excluding hydrogens is 395 g/mol. The van der Waals surface area contributed by atoms with E-state index >= 15 is 0 Å². The number of carbonyl (C=O) groups excluding carboxylic acids is 2. The van der Waals surface area contributed by atoms with Gasteiger partial charge in [0.25, 0.3) is 11.8 Å². The van der Waals surface area contributed by atoms with Crippen LogP contribution < -0.4 is 5.32 Å². The first-order valence-electron chi connectivity index (χ1n) is 10.6. The van der Waals surface area contributed by atoms with Crippen molar-refractivity contribution in [2.75, 3.05) is 39.8 Å². The smallest absolute Gasteiger partial charge is 0.254 e. The van der Waals surface area contributed by atoms with E-state index in [-0.39, 0.29) is 11.8 Å². The first kappa shape index (κ1) is 19.8. The van der Waals surface area contributed by atoms with E-state index in [0.717, 1.165) is 53.9 Å². The number of piperazine rings is 1. The van der Waals surface area contributed by atoms with E-state index in [1.165, 1.54) is 12.1 Å². The molecule has 1 aromatic heterocycles. The number of nitrogens with zero attached hydrogens (tertiary/aromatic N) is 2. The standard InChI is InChI=1S/C24H25FN4O2/c1-14-11-15(3-4-17(14)24(31)29-9-7-28(2)8-10-29)22-18-5-6-26-23(30)19-12-16(25)13-20(27-22)21(18)19/h3-4,11-13,27H,5-10H2,1-2H3,(H,26,30). The fourth-order valence-electron chi connectivity index (χ4n) is 4.68. The van der Waals surface area contributed by atoms with Crippen molar-refractivity contribution in [2.45, 2.75) is 13.3 Å². The highest BCUT2D eigenvalue weighted by Gasteiger charge is 2.25. The Kier molecular flexibility index (Phi) is 4.78. The van der Waals surface area contributed by atoms with Crippen molar-refractivity contribution in [3.05, 3.63) is 58.4 Å². The summed E-state index contributed by atoms with van der Waals surface area (Å²) in [7, 11) is 2.07. The summed E-state index contributed by atoms with van der Waals surface area (Å²) in [4.78, 5) is 32.9. The Labute approximate surface area is 180 Å². The van der Waals surface area contributed by atoms with Crippen molar-refractivity contribution in [1.82, 2.24) is 20.1 Å². The third-order valence-corrected chi connectivity index (χ3v) is 6.41. The van der Waals surface area contributed by atoms with Gasteiger partial charge < -0.3 is 20.1 Å². The molecule has 31 heavy (non-hydrogen) atoms. The summed E-state index contributed by atoms with van der Waals surface area (Å²) in [5.74, 6) is -0.632. The van der Waals surface area contributed by atoms with E-state index in [2.05, 4.69) is 22.2 Å². The molecule has 0 radical (unpaired) electrons. The Morgan fingerprint density at radius 3 is 2.61 bits per heavy atom. The number of amides is 2. The molecule has 160 valence electrons. The van der Waals surface area contributed by atoms with Gasteiger partial charge in [-0.25, -0.2) is 4.39 Å². The van der Waals surface area contributed by atoms with Crippen LogP contribution in [0.1, 0.15) is 31.8 Å². The van der Waals surface area contributed by atoms with Crippen LogP contribution in [-0.2, 0) is 6.42 Å². The molecule has 3 heterocycles. The van der Waals surface area contributed by atoms with Crippen LogP contribution in [0.5, 0.6) is 0 Å². The molecule has 7 heteroatoms. The number of halogens is 1. The number of carbonyl (C=O) groups is 2. The average molecular weight is 420 g/mol. The quantitative estimate of drug-likeness (QED) is 0.670. The molecular formula is C24H25FN4O2. The predicted octanol–water partition coefficient (Wildman–Crippen LogP) is 2.96. The van der Waals surface area contributed by atoms with Crippen LogP contribution in [0.3, 0.4) is 0 Å². The number of rotatable bonds is 2. The summed E-state index contributed by atoms with van der Waals surface area (Å²) in [6, 6.07) is 8.55. The summed E-state index contributed by atoms with van der Waals surface area (Å²) in [6.07, 6.45) is 0.654. The monoisotopic (exact) mass is 420 g/mol. The van der Waals surface area contributed by atoms with Crippen molar-refractivity contribution in [1.29, 1.82) is 0 Å². The fraction of sp³-hybridized carbons (Fsp3) is 0.333. The van der Waals surface area contributed by atoms with E-state index in [1.54, 1.807) is 0 Å². The summed E-state index contributed by atoms with van der Waals surface area (Å²) in [5, 5.41) is 3.62. The van der Waals surface area contributed by atoms with Gasteiger partial charge in [0.1, 0.15) is 5.82 Å². The molecule has 0 bridgehead atoms. The number of hydrogen-bond donors (Lipinski definition) is 2. The first-order chi connectivity index (χ1) is 14.9. The molecule has 2 N–H and O–H groups in total. The molecule has 0 unspecified atom stereocenters. The number of aryl methyl sites for hydroxylation is 1. The third-order valence-electron chi connectivity index (χ3n) is 6.41. The van der Waals surface area contributed by atoms with E-state index < -0.39 is 5.82 Å². The zero-order valence-corrected chi connectivity index (χ0v) is 17.7. The molecule has 5 rings (SSSR count). The number of benzene rings is 2. The van der Waals surface area contributed by atoms with Gasteiger partial charge in [-0.2, -0.15) is 0 Å². The Balaban J connectivity index is 1.55. The average Bonchev–Trinajstić information content (AvgIpc) is 3.02. The minimum absolute atomic E-state index is 0.0612. The SMILES string of the molecule is Cc1cc(-c2[nH]c3cc(F)cc4c3c2CCNC4=O)ccc1C(=O)N1CCN(C)CC1. The molecule has 2 aromatic carbocycles. The van der Waals surface area contributed by atoms with Crippen LogP contribution in [0.4, 0.5) is 4.39 Å². The minimum atomic E-state index is -0.441. The number of hydrogen-bond acceptors (Lipinski definition) is 3. The van der Waals surface area contributed by atoms with Crippen molar-refractivity contribution in [3.8, 4) is 11.3 Å². The molecule has 1 saturated heterocycles. The lowest BCUT2D eigenvalue weighted by atomic mass is 9.97. The van der Waals surface area contributed by atoms with Crippen LogP contribution in [-0.4, -0.2) is 66.4 Å². The van der Waals surface area contributed by atoms with Gasteiger partial charge in [-0.05, 0) is 61.3 Å². The summed E-state index contributed by atoms with van der Waals surface area (Å²) < 4.78 is 14.1. The molecule has 0 spiro atoms. The van der Waals surface area contributed by atoms with Gasteiger partial charge in [0.2, 0.25) is 0 Å². The van der Waals surface area contributed by atoms with Crippen LogP contribution in [0.15, 0.2) is 30.3 Å². The maximum Gasteiger partial charge on any atom is 0.254 e. The predicted molar refractivity (Wildman–Crippen MR) is 118 cm³/mol. The fourth-order valence-corrected chi connectivity index (χ4v) is 4.68. The number of aromatic nitrogens is 1. The van der Waals surface area contributed by atoms with Crippen molar-refractivity contribution < 1.29 is 14.0 Å². The van der Waals surface area contributed by atoms with Gasteiger partial charge in [0.15, 0.2) is 0 Å². The lowest BCUT2D eigenvalue weighted by Crippen LogP contribution is -2.47. The van der Waals surface area contributed by atoms with Gasteiger partial charge in [-0.3, -0.25) is 9.59 Å². The van der Waals surface area contributed by atoms with Crippen molar-refractivity contribution in [3.63, 3.8) is 0 Å². The maximum absolute atomic E-state index is 14.1. The topological polar surface area (TPSA) is 68.4 Å². The summed E-state index contributed by atoms with van der Waals surface area (Å²) in [5.41, 5.74) is 5.40. The normalized spacial score (nSPS) is 17.0. The largest absolute Gasteiger partial charge is 0.354 e. The molecule has 2 aliphatic rings. The van der Waals surface area contributed by atoms with Gasteiger partial charge in [0, 0.05) is 54.9 Å². The molecule has 6 nitrogen and oxygen atoms in total. The molecule has 2 amide bonds. The highest BCUT2D eigenvalue weighted by Crippen LogP contribution is 2.35. The Morgan fingerprint density at radius 2 is 1.87 bits per heavy atom. The Hall–Kier alpha value is -3.19. The van der Waals surface area contributed by atoms with Crippen molar-refractivity contribution in [2.24, 2.45) is 0 Å². The molecule has 3 aromatic rings. The summed E-state index contributed by atoms with van der Waals surface area (Å²) >= 11 is 0. The molecule has 0 saturated carbocycles. The number of nitrogens with one attached hydrogen (secondary N) is 2. The van der Waals surface area contributed by atoms with Gasteiger partial charge in [-0.1, -0.05) is 6.07 Å². The maximum atomic E-state index is 14.1. The molecule has 0 atom stereocenters. The summed E-state index contributed by atoms with van der Waals surface area (Å²) in [6.45, 7) is 5.67. The highest BCUT2D eigenvalue weighted by atomic mass is 19.1. The van der Waals surface area contributed by atoms with E-state index in [4.69, 9.17) is 0 Å². The van der Waals surface area contributed by atoms with E-state index in [9.17, 15) is 14.0 Å². The number of likely N-dealkylation sites (N-methyl/N-ethyl adjacent to an activating group) is 1. The second-order valence-corrected chi connectivity index (χ2v) is 8.49. The zero-order valence-electron chi connectivity index (χ0n) is 17.7. The molecule has 2 aliphatic heterocycles. The highest BCUT2D eigenvalue weighted by molar-refractivity contribution is 6.10. The van der Waals surface area contributed by atoms with Crippen LogP contribution in [0.2, 0.25) is 0 Å². The number of H-pyrrole nitrogens is 1. The molecule has 1 fully saturated rings. The first-order valence-corrected chi connectivity index (χ1v) is 10.6. The molecule has 0 aliphatic carbocycles. The zero-order chi connectivity index (χ0) is 21.7. The minimum Gasteiger partial charge on any atom is -0.354 e. The van der Waals surface area contributed by atoms with Gasteiger partial charge in [-0.15, -0.1) is 0 Å². The van der Waals surface area contributed by atoms with E-state index in [0.29, 0.717) is 29.6 Å². The Bertz CT molecular complexity index is 1210. The van der Waals surface area contributed by atoms with E-state index in [1.807, 2.05) is 30.0 Å². The lowest BCUT2D eigenvalue weighted by molar-refractivity contribution is 0.0663. The van der Waals surface area contributed by atoms with Gasteiger partial charge >= 0.3 is 0 Å². The second-order valence-electron chi connectivity index (χ2n) is 8.49. The van der Waals surface area contributed by atoms with Crippen LogP contribution in [0.25, 0.3) is 22.2 Å². The third kappa shape index (κ3) is 3.39. The van der Waals surface area contributed by atoms with Crippen LogP contribution >= 0.6 is 0 Å². The Morgan fingerprint density at radius 1 is 1.10 bits per heavy atom. The van der Waals surface area contributed by atoms with Crippen LogP contribution in [0, 0.1) is 12.7 Å². The van der Waals surface area contributed by atoms with Crippen molar-refractivity contribution >= 4 is 22.7 Å². The number of aromatic amines is 1.